The number of hydroxylamine groups is 2. The van der Waals surface area contributed by atoms with Gasteiger partial charge in [0.1, 0.15) is 18.0 Å². The van der Waals surface area contributed by atoms with Gasteiger partial charge in [0.2, 0.25) is 6.20 Å². The lowest BCUT2D eigenvalue weighted by molar-refractivity contribution is -0.741. The van der Waals surface area contributed by atoms with Crippen LogP contribution in [0.1, 0.15) is 5.56 Å². The van der Waals surface area contributed by atoms with E-state index in [1.165, 1.54) is 10.8 Å². The van der Waals surface area contributed by atoms with Crippen LogP contribution in [0.5, 0.6) is 5.75 Å². The van der Waals surface area contributed by atoms with Crippen molar-refractivity contribution >= 4 is 16.8 Å². The van der Waals surface area contributed by atoms with Crippen LogP contribution >= 0.6 is 0 Å². The van der Waals surface area contributed by atoms with Crippen LogP contribution in [0.3, 0.4) is 0 Å². The molecule has 0 bridgehead atoms. The fraction of sp³-hybridized carbons (Fsp3) is 0.105. The minimum atomic E-state index is -0.577. The average molecular weight is 349 g/mol. The fourth-order valence-electron chi connectivity index (χ4n) is 3.30. The van der Waals surface area contributed by atoms with Crippen LogP contribution < -0.4 is 15.7 Å². The molecule has 2 aromatic carbocycles. The maximum Gasteiger partial charge on any atom is 0.424 e. The highest BCUT2D eigenvalue weighted by Gasteiger charge is 2.34. The van der Waals surface area contributed by atoms with Crippen LogP contribution in [-0.4, -0.2) is 10.7 Å². The summed E-state index contributed by atoms with van der Waals surface area (Å²) in [6, 6.07) is 14.6. The van der Waals surface area contributed by atoms with Gasteiger partial charge in [-0.05, 0) is 18.2 Å². The Labute approximate surface area is 147 Å². The third-order valence-corrected chi connectivity index (χ3v) is 4.49. The minimum Gasteiger partial charge on any atom is -0.624 e. The second-order valence-electron chi connectivity index (χ2n) is 6.09. The number of benzene rings is 2. The predicted molar refractivity (Wildman–Crippen MR) is 91.5 cm³/mol. The zero-order chi connectivity index (χ0) is 17.7. The van der Waals surface area contributed by atoms with Crippen molar-refractivity contribution in [3.63, 3.8) is 0 Å². The standard InChI is InChI=1S/C19H13N2O5/c22-19-21(14-6-2-4-8-17(14)24-19)15-11-20(23)10-13(15)18-9-12-5-1-3-7-16(12)25-26-18/h1-8,10,18,20H,9H2. The third kappa shape index (κ3) is 2.30. The van der Waals surface area contributed by atoms with Gasteiger partial charge in [0.15, 0.2) is 11.3 Å². The molecule has 1 N–H and O–H groups in total. The maximum atomic E-state index is 12.4. The van der Waals surface area contributed by atoms with E-state index in [1.54, 1.807) is 24.3 Å². The Morgan fingerprint density at radius 2 is 1.96 bits per heavy atom. The lowest BCUT2D eigenvalue weighted by Crippen LogP contribution is -2.96. The van der Waals surface area contributed by atoms with Crippen LogP contribution in [0.2, 0.25) is 0 Å². The Bertz CT molecular complexity index is 1120. The van der Waals surface area contributed by atoms with E-state index in [9.17, 15) is 10.0 Å². The summed E-state index contributed by atoms with van der Waals surface area (Å²) in [4.78, 5) is 23.2. The SMILES string of the molecule is O=c1oc2ccccc2n1C1=[C][NH+]([O-])C=C1C1Cc2ccccc2OO1. The van der Waals surface area contributed by atoms with Gasteiger partial charge in [0, 0.05) is 12.0 Å². The smallest absolute Gasteiger partial charge is 0.424 e. The molecule has 0 aliphatic carbocycles. The number of rotatable bonds is 2. The molecule has 1 aromatic heterocycles. The Hall–Kier alpha value is -3.13. The number of fused-ring (bicyclic) bond motifs is 2. The van der Waals surface area contributed by atoms with Gasteiger partial charge in [-0.2, -0.15) is 4.89 Å². The molecule has 26 heavy (non-hydrogen) atoms. The Morgan fingerprint density at radius 1 is 1.15 bits per heavy atom. The molecular weight excluding hydrogens is 336 g/mol. The van der Waals surface area contributed by atoms with Crippen molar-refractivity contribution < 1.29 is 19.3 Å². The summed E-state index contributed by atoms with van der Waals surface area (Å²) in [5.74, 6) is 0.0699. The van der Waals surface area contributed by atoms with Crippen molar-refractivity contribution in [2.45, 2.75) is 12.5 Å². The van der Waals surface area contributed by atoms with Gasteiger partial charge in [-0.15, -0.1) is 0 Å². The highest BCUT2D eigenvalue weighted by molar-refractivity contribution is 5.80. The number of quaternary nitrogens is 1. The van der Waals surface area contributed by atoms with Crippen LogP contribution in [0.15, 0.2) is 69.5 Å². The quantitative estimate of drug-likeness (QED) is 0.559. The first-order chi connectivity index (χ1) is 12.7. The van der Waals surface area contributed by atoms with Crippen molar-refractivity contribution in [1.29, 1.82) is 0 Å². The molecule has 0 spiro atoms. The largest absolute Gasteiger partial charge is 0.624 e. The molecule has 0 amide bonds. The summed E-state index contributed by atoms with van der Waals surface area (Å²) in [5.41, 5.74) is 2.85. The second kappa shape index (κ2) is 5.70. The third-order valence-electron chi connectivity index (χ3n) is 4.49. The van der Waals surface area contributed by atoms with Gasteiger partial charge in [0.05, 0.1) is 11.1 Å². The molecule has 1 radical (unpaired) electrons. The Kier molecular flexibility index (Phi) is 3.32. The summed E-state index contributed by atoms with van der Waals surface area (Å²) in [6.45, 7) is 0. The van der Waals surface area contributed by atoms with Gasteiger partial charge in [0.25, 0.3) is 0 Å². The van der Waals surface area contributed by atoms with E-state index in [2.05, 4.69) is 6.20 Å². The van der Waals surface area contributed by atoms with E-state index >= 15 is 0 Å². The lowest BCUT2D eigenvalue weighted by Gasteiger charge is -2.24. The number of nitrogens with zero attached hydrogens (tertiary/aromatic N) is 1. The van der Waals surface area contributed by atoms with E-state index in [0.29, 0.717) is 34.5 Å². The van der Waals surface area contributed by atoms with Crippen molar-refractivity contribution in [1.82, 2.24) is 4.57 Å². The van der Waals surface area contributed by atoms with Gasteiger partial charge in [-0.1, -0.05) is 30.3 Å². The van der Waals surface area contributed by atoms with E-state index in [0.717, 1.165) is 5.56 Å². The molecule has 0 saturated heterocycles. The number of para-hydroxylation sites is 3. The van der Waals surface area contributed by atoms with Gasteiger partial charge in [-0.25, -0.2) is 9.36 Å². The zero-order valence-electron chi connectivity index (χ0n) is 13.5. The number of hydrogen-bond donors (Lipinski definition) is 1. The first kappa shape index (κ1) is 15.2. The molecule has 0 fully saturated rings. The topological polar surface area (TPSA) is 81.1 Å². The Balaban J connectivity index is 1.58. The van der Waals surface area contributed by atoms with E-state index in [4.69, 9.17) is 14.2 Å². The number of oxazole rings is 1. The summed E-state index contributed by atoms with van der Waals surface area (Å²) >= 11 is 0. The molecule has 5 rings (SSSR count). The van der Waals surface area contributed by atoms with Crippen molar-refractivity contribution in [2.24, 2.45) is 0 Å². The molecule has 2 aliphatic rings. The van der Waals surface area contributed by atoms with Crippen molar-refractivity contribution in [3.8, 4) is 5.75 Å². The van der Waals surface area contributed by atoms with Crippen LogP contribution in [-0.2, 0) is 11.3 Å². The number of aromatic nitrogens is 1. The van der Waals surface area contributed by atoms with Gasteiger partial charge in [-0.3, -0.25) is 0 Å². The summed E-state index contributed by atoms with van der Waals surface area (Å²) < 4.78 is 6.62. The molecule has 7 nitrogen and oxygen atoms in total. The molecule has 0 saturated carbocycles. The molecule has 2 atom stereocenters. The predicted octanol–water partition coefficient (Wildman–Crippen LogP) is 1.41. The highest BCUT2D eigenvalue weighted by Crippen LogP contribution is 2.33. The highest BCUT2D eigenvalue weighted by atomic mass is 17.2. The number of hydrogen-bond acceptors (Lipinski definition) is 5. The van der Waals surface area contributed by atoms with E-state index in [-0.39, 0.29) is 5.06 Å². The Morgan fingerprint density at radius 3 is 2.88 bits per heavy atom. The first-order valence-corrected chi connectivity index (χ1v) is 8.13. The van der Waals surface area contributed by atoms with Gasteiger partial charge < -0.3 is 19.6 Å². The summed E-state index contributed by atoms with van der Waals surface area (Å²) in [5, 5.41) is 11.7. The molecule has 2 aliphatic heterocycles. The molecule has 129 valence electrons. The van der Waals surface area contributed by atoms with Crippen LogP contribution in [0.25, 0.3) is 16.8 Å². The average Bonchev–Trinajstić information content (AvgIpc) is 3.19. The zero-order valence-corrected chi connectivity index (χ0v) is 13.5. The summed E-state index contributed by atoms with van der Waals surface area (Å²) in [7, 11) is 0. The second-order valence-corrected chi connectivity index (χ2v) is 6.09. The maximum absolute atomic E-state index is 12.4. The lowest BCUT2D eigenvalue weighted by atomic mass is 9.99. The van der Waals surface area contributed by atoms with Crippen molar-refractivity contribution in [2.75, 3.05) is 0 Å². The first-order valence-electron chi connectivity index (χ1n) is 8.13. The van der Waals surface area contributed by atoms with Gasteiger partial charge >= 0.3 is 5.76 Å². The molecule has 3 aromatic rings. The molecule has 7 heteroatoms. The van der Waals surface area contributed by atoms with E-state index in [1.807, 2.05) is 24.3 Å². The van der Waals surface area contributed by atoms with E-state index < -0.39 is 11.9 Å². The molecular formula is C19H13N2O5. The van der Waals surface area contributed by atoms with Crippen LogP contribution in [0, 0.1) is 11.4 Å². The summed E-state index contributed by atoms with van der Waals surface area (Å²) in [6.07, 6.45) is 4.13. The van der Waals surface area contributed by atoms with Crippen LogP contribution in [0.4, 0.5) is 0 Å². The monoisotopic (exact) mass is 349 g/mol. The fourth-order valence-corrected chi connectivity index (χ4v) is 3.30. The molecule has 2 unspecified atom stereocenters. The van der Waals surface area contributed by atoms with Crippen molar-refractivity contribution in [3.05, 3.63) is 87.8 Å². The number of nitrogens with one attached hydrogen (secondary N) is 1. The minimum absolute atomic E-state index is 0.324. The molecule has 3 heterocycles. The normalized spacial score (nSPS) is 21.9.